The Morgan fingerprint density at radius 1 is 0.296 bits per heavy atom. The van der Waals surface area contributed by atoms with Gasteiger partial charge in [-0.15, -0.1) is 0 Å². The molecule has 1 saturated carbocycles. The van der Waals surface area contributed by atoms with Gasteiger partial charge in [-0.25, -0.2) is 0 Å². The summed E-state index contributed by atoms with van der Waals surface area (Å²) in [6, 6.07) is 51.3. The minimum absolute atomic E-state index is 0.373. The van der Waals surface area contributed by atoms with Gasteiger partial charge >= 0.3 is 0 Å². The SMILES string of the molecule is BrCCCCCCOC1[C@@H](OCc2ccccc2)[C@H](OCc2ccccc2)C(OCc2ccccc2)[C@H](OCc2ccccc2)[C@H]1OCc1ccccc1. The number of rotatable bonds is 22. The molecule has 1 aliphatic carbocycles. The molecule has 0 radical (unpaired) electrons. The zero-order valence-electron chi connectivity index (χ0n) is 31.0. The van der Waals surface area contributed by atoms with E-state index in [2.05, 4.69) is 76.6 Å². The molecule has 2 unspecified atom stereocenters. The summed E-state index contributed by atoms with van der Waals surface area (Å²) in [7, 11) is 0. The number of ether oxygens (including phenoxy) is 6. The van der Waals surface area contributed by atoms with Crippen LogP contribution in [-0.2, 0) is 61.5 Å². The standard InChI is InChI=1S/C47H53BrO6/c48-30-18-1-2-19-31-49-42-43(50-32-37-20-8-3-9-21-37)45(52-34-39-24-12-5-13-25-39)47(54-36-41-28-16-7-17-29-41)46(53-35-40-26-14-6-15-27-40)44(42)51-33-38-22-10-4-11-23-38/h3-17,20-29,42-47H,1-2,18-19,30-36H2/t42?,43-,44+,45+,46-,47?. The minimum atomic E-state index is -0.557. The van der Waals surface area contributed by atoms with E-state index in [1.807, 2.05) is 91.0 Å². The zero-order chi connectivity index (χ0) is 37.0. The van der Waals surface area contributed by atoms with Gasteiger partial charge in [-0.1, -0.05) is 180 Å². The molecule has 0 bridgehead atoms. The highest BCUT2D eigenvalue weighted by molar-refractivity contribution is 9.09. The van der Waals surface area contributed by atoms with Crippen molar-refractivity contribution in [3.05, 3.63) is 179 Å². The van der Waals surface area contributed by atoms with Crippen molar-refractivity contribution in [1.29, 1.82) is 0 Å². The molecule has 0 amide bonds. The second-order valence-electron chi connectivity index (χ2n) is 13.7. The van der Waals surface area contributed by atoms with Crippen molar-refractivity contribution in [1.82, 2.24) is 0 Å². The molecule has 54 heavy (non-hydrogen) atoms. The third kappa shape index (κ3) is 12.4. The molecular formula is C47H53BrO6. The molecular weight excluding hydrogens is 740 g/mol. The molecule has 0 spiro atoms. The molecule has 0 aromatic heterocycles. The molecule has 0 N–H and O–H groups in total. The normalized spacial score (nSPS) is 21.2. The van der Waals surface area contributed by atoms with Crippen LogP contribution in [0.5, 0.6) is 0 Å². The van der Waals surface area contributed by atoms with Crippen LogP contribution < -0.4 is 0 Å². The molecule has 1 fully saturated rings. The van der Waals surface area contributed by atoms with E-state index < -0.39 is 36.6 Å². The van der Waals surface area contributed by atoms with Crippen LogP contribution in [0, 0.1) is 0 Å². The van der Waals surface area contributed by atoms with Crippen molar-refractivity contribution in [3.63, 3.8) is 0 Å². The Labute approximate surface area is 329 Å². The van der Waals surface area contributed by atoms with Gasteiger partial charge in [0.25, 0.3) is 0 Å². The summed E-state index contributed by atoms with van der Waals surface area (Å²) in [5.74, 6) is 0. The molecule has 6 rings (SSSR count). The van der Waals surface area contributed by atoms with Crippen molar-refractivity contribution in [3.8, 4) is 0 Å². The minimum Gasteiger partial charge on any atom is -0.373 e. The van der Waals surface area contributed by atoms with E-state index in [9.17, 15) is 0 Å². The summed E-state index contributed by atoms with van der Waals surface area (Å²) < 4.78 is 41.9. The van der Waals surface area contributed by atoms with E-state index >= 15 is 0 Å². The summed E-state index contributed by atoms with van der Waals surface area (Å²) >= 11 is 3.58. The van der Waals surface area contributed by atoms with Crippen LogP contribution in [-0.4, -0.2) is 48.6 Å². The van der Waals surface area contributed by atoms with Crippen LogP contribution in [0.15, 0.2) is 152 Å². The first-order valence-corrected chi connectivity index (χ1v) is 20.4. The fourth-order valence-corrected chi connectivity index (χ4v) is 7.26. The maximum atomic E-state index is 6.98. The Morgan fingerprint density at radius 2 is 0.537 bits per heavy atom. The monoisotopic (exact) mass is 792 g/mol. The van der Waals surface area contributed by atoms with Gasteiger partial charge in [0.15, 0.2) is 0 Å². The Kier molecular flexibility index (Phi) is 16.8. The Hall–Kier alpha value is -3.66. The van der Waals surface area contributed by atoms with Crippen LogP contribution in [0.4, 0.5) is 0 Å². The number of halogens is 1. The first-order chi connectivity index (χ1) is 26.8. The highest BCUT2D eigenvalue weighted by Gasteiger charge is 2.55. The van der Waals surface area contributed by atoms with E-state index in [0.717, 1.165) is 58.8 Å². The molecule has 5 aromatic rings. The summed E-state index contributed by atoms with van der Waals surface area (Å²) in [6.07, 6.45) is 1.06. The van der Waals surface area contributed by atoms with Crippen molar-refractivity contribution < 1.29 is 28.4 Å². The number of hydrogen-bond donors (Lipinski definition) is 0. The fraction of sp³-hybridized carbons (Fsp3) is 0.362. The highest BCUT2D eigenvalue weighted by atomic mass is 79.9. The third-order valence-electron chi connectivity index (χ3n) is 9.71. The van der Waals surface area contributed by atoms with Crippen LogP contribution in [0.25, 0.3) is 0 Å². The fourth-order valence-electron chi connectivity index (χ4n) is 6.86. The number of hydrogen-bond acceptors (Lipinski definition) is 6. The second-order valence-corrected chi connectivity index (χ2v) is 14.5. The lowest BCUT2D eigenvalue weighted by Gasteiger charge is -2.50. The Bertz CT molecular complexity index is 1600. The first-order valence-electron chi connectivity index (χ1n) is 19.2. The Balaban J connectivity index is 1.39. The predicted octanol–water partition coefficient (Wildman–Crippen LogP) is 10.3. The van der Waals surface area contributed by atoms with E-state index in [0.29, 0.717) is 39.6 Å². The molecule has 0 saturated heterocycles. The molecule has 284 valence electrons. The van der Waals surface area contributed by atoms with E-state index in [4.69, 9.17) is 28.4 Å². The molecule has 5 aromatic carbocycles. The lowest BCUT2D eigenvalue weighted by atomic mass is 9.83. The van der Waals surface area contributed by atoms with Crippen molar-refractivity contribution in [2.45, 2.75) is 95.3 Å². The summed E-state index contributed by atoms with van der Waals surface area (Å²) in [5.41, 5.74) is 5.33. The summed E-state index contributed by atoms with van der Waals surface area (Å²) in [5, 5.41) is 1.01. The first kappa shape index (κ1) is 40.0. The van der Waals surface area contributed by atoms with Gasteiger partial charge in [0.1, 0.15) is 36.6 Å². The van der Waals surface area contributed by atoms with Crippen LogP contribution in [0.2, 0.25) is 0 Å². The molecule has 1 aliphatic rings. The van der Waals surface area contributed by atoms with Crippen LogP contribution in [0.3, 0.4) is 0 Å². The van der Waals surface area contributed by atoms with Crippen molar-refractivity contribution in [2.75, 3.05) is 11.9 Å². The second kappa shape index (κ2) is 22.7. The van der Waals surface area contributed by atoms with Gasteiger partial charge in [-0.3, -0.25) is 0 Å². The predicted molar refractivity (Wildman–Crippen MR) is 217 cm³/mol. The van der Waals surface area contributed by atoms with Gasteiger partial charge in [-0.2, -0.15) is 0 Å². The smallest absolute Gasteiger partial charge is 0.116 e. The van der Waals surface area contributed by atoms with Crippen molar-refractivity contribution >= 4 is 15.9 Å². The largest absolute Gasteiger partial charge is 0.373 e. The molecule has 0 heterocycles. The molecule has 6 atom stereocenters. The third-order valence-corrected chi connectivity index (χ3v) is 10.3. The van der Waals surface area contributed by atoms with Gasteiger partial charge in [0.05, 0.1) is 33.0 Å². The maximum Gasteiger partial charge on any atom is 0.116 e. The van der Waals surface area contributed by atoms with E-state index in [1.165, 1.54) is 0 Å². The quantitative estimate of drug-likeness (QED) is 0.0514. The summed E-state index contributed by atoms with van der Waals surface area (Å²) in [4.78, 5) is 0. The molecule has 0 aliphatic heterocycles. The lowest BCUT2D eigenvalue weighted by molar-refractivity contribution is -0.290. The maximum absolute atomic E-state index is 6.98. The van der Waals surface area contributed by atoms with E-state index in [-0.39, 0.29) is 0 Å². The topological polar surface area (TPSA) is 55.4 Å². The zero-order valence-corrected chi connectivity index (χ0v) is 32.6. The van der Waals surface area contributed by atoms with Crippen molar-refractivity contribution in [2.24, 2.45) is 0 Å². The van der Waals surface area contributed by atoms with Crippen LogP contribution >= 0.6 is 15.9 Å². The summed E-state index contributed by atoms with van der Waals surface area (Å²) in [6.45, 7) is 2.46. The number of alkyl halides is 1. The van der Waals surface area contributed by atoms with Gasteiger partial charge in [0, 0.05) is 11.9 Å². The van der Waals surface area contributed by atoms with Crippen LogP contribution in [0.1, 0.15) is 53.5 Å². The average Bonchev–Trinajstić information content (AvgIpc) is 3.23. The molecule has 7 heteroatoms. The Morgan fingerprint density at radius 3 is 0.796 bits per heavy atom. The molecule has 6 nitrogen and oxygen atoms in total. The number of benzene rings is 5. The van der Waals surface area contributed by atoms with Gasteiger partial charge in [0.2, 0.25) is 0 Å². The average molecular weight is 794 g/mol. The number of unbranched alkanes of at least 4 members (excludes halogenated alkanes) is 3. The lowest BCUT2D eigenvalue weighted by Crippen LogP contribution is -2.67. The van der Waals surface area contributed by atoms with E-state index in [1.54, 1.807) is 0 Å². The highest BCUT2D eigenvalue weighted by Crippen LogP contribution is 2.36. The van der Waals surface area contributed by atoms with Gasteiger partial charge in [-0.05, 0) is 40.7 Å². The van der Waals surface area contributed by atoms with Gasteiger partial charge < -0.3 is 28.4 Å².